The van der Waals surface area contributed by atoms with Gasteiger partial charge in [0.05, 0.1) is 0 Å². The van der Waals surface area contributed by atoms with E-state index < -0.39 is 17.8 Å². The standard InChI is InChI=1S/C41H34Cl2N4O3/c1-5-46-31(27-11-7-9-25-29(42)17-21-33(46)36(25)27)19-15-23-13-14-24(35(23)38-39(48)44(3)41(50)45(4)40(38)49)16-20-32-28-12-8-10-26-30(43)18-22-34(37(26)28)47(32)6-2/h7-12,15-22H,5-6,13-14H2,1-4H3/b23-15-,24-16+,31-19+,32-20+. The van der Waals surface area contributed by atoms with Gasteiger partial charge < -0.3 is 9.13 Å². The predicted molar refractivity (Wildman–Crippen MR) is 203 cm³/mol. The Kier molecular flexibility index (Phi) is 7.73. The SMILES string of the molecule is CCn1/c(=C/C=C2/CC/C(=C\C=c3/c4cccc5c(Cl)ccc(c54)n3CC)C2=C2C(=O)N(C)C(=O)N(C)C2=O)c2cccc3c(Cl)ccc1c32. The minimum absolute atomic E-state index is 0.00766. The van der Waals surface area contributed by atoms with Gasteiger partial charge in [-0.15, -0.1) is 0 Å². The fraction of sp³-hybridized carbons (Fsp3) is 0.195. The third-order valence-corrected chi connectivity index (χ3v) is 11.0. The highest BCUT2D eigenvalue weighted by atomic mass is 35.5. The molecule has 50 heavy (non-hydrogen) atoms. The summed E-state index contributed by atoms with van der Waals surface area (Å²) in [4.78, 5) is 42.3. The number of nitrogens with zero attached hydrogens (tertiary/aromatic N) is 4. The molecule has 1 aliphatic carbocycles. The minimum Gasteiger partial charge on any atom is -0.341 e. The van der Waals surface area contributed by atoms with Crippen molar-refractivity contribution in [1.29, 1.82) is 0 Å². The van der Waals surface area contributed by atoms with Gasteiger partial charge in [-0.3, -0.25) is 19.4 Å². The zero-order chi connectivity index (χ0) is 35.0. The summed E-state index contributed by atoms with van der Waals surface area (Å²) in [6.07, 6.45) is 9.47. The van der Waals surface area contributed by atoms with E-state index in [0.29, 0.717) is 28.5 Å². The maximum Gasteiger partial charge on any atom is 0.333 e. The Morgan fingerprint density at radius 3 is 1.42 bits per heavy atom. The number of aromatic nitrogens is 2. The smallest absolute Gasteiger partial charge is 0.333 e. The van der Waals surface area contributed by atoms with Crippen molar-refractivity contribution in [2.75, 3.05) is 14.1 Å². The minimum atomic E-state index is -0.647. The highest BCUT2D eigenvalue weighted by Gasteiger charge is 2.42. The van der Waals surface area contributed by atoms with Crippen LogP contribution < -0.4 is 10.7 Å². The second kappa shape index (κ2) is 12.0. The molecule has 1 saturated heterocycles. The lowest BCUT2D eigenvalue weighted by Crippen LogP contribution is -2.53. The van der Waals surface area contributed by atoms with Gasteiger partial charge in [0, 0.05) is 91.3 Å². The highest BCUT2D eigenvalue weighted by molar-refractivity contribution is 6.38. The van der Waals surface area contributed by atoms with Gasteiger partial charge in [0.2, 0.25) is 0 Å². The molecule has 0 unspecified atom stereocenters. The van der Waals surface area contributed by atoms with E-state index in [1.807, 2.05) is 48.6 Å². The monoisotopic (exact) mass is 700 g/mol. The molecule has 9 heteroatoms. The molecular weight excluding hydrogens is 667 g/mol. The molecule has 6 aromatic rings. The van der Waals surface area contributed by atoms with Crippen molar-refractivity contribution >= 4 is 96.6 Å². The van der Waals surface area contributed by atoms with Crippen molar-refractivity contribution in [3.05, 3.63) is 116 Å². The normalized spacial score (nSPS) is 18.5. The lowest BCUT2D eigenvalue weighted by Gasteiger charge is -2.30. The molecule has 3 heterocycles. The van der Waals surface area contributed by atoms with Crippen LogP contribution in [0.3, 0.4) is 0 Å². The van der Waals surface area contributed by atoms with Crippen LogP contribution in [0.15, 0.2) is 95.1 Å². The number of carbonyl (C=O) groups is 3. The first kappa shape index (κ1) is 32.1. The van der Waals surface area contributed by atoms with Crippen LogP contribution in [-0.4, -0.2) is 50.9 Å². The van der Waals surface area contributed by atoms with Crippen molar-refractivity contribution < 1.29 is 14.4 Å². The Bertz CT molecular complexity index is 2510. The molecule has 8 rings (SSSR count). The van der Waals surface area contributed by atoms with Crippen LogP contribution in [0.2, 0.25) is 10.0 Å². The summed E-state index contributed by atoms with van der Waals surface area (Å²) in [5.41, 5.74) is 4.51. The van der Waals surface area contributed by atoms with Gasteiger partial charge in [0.15, 0.2) is 0 Å². The van der Waals surface area contributed by atoms with E-state index in [4.69, 9.17) is 23.2 Å². The molecule has 4 aromatic carbocycles. The molecule has 0 bridgehead atoms. The summed E-state index contributed by atoms with van der Waals surface area (Å²) < 4.78 is 4.52. The molecule has 1 aliphatic heterocycles. The number of imide groups is 2. The average Bonchev–Trinajstić information content (AvgIpc) is 3.78. The number of aryl methyl sites for hydroxylation is 2. The number of barbiturate groups is 1. The molecule has 0 radical (unpaired) electrons. The Morgan fingerprint density at radius 2 is 1.00 bits per heavy atom. The molecule has 2 aliphatic rings. The van der Waals surface area contributed by atoms with E-state index in [0.717, 1.165) is 88.1 Å². The summed E-state index contributed by atoms with van der Waals surface area (Å²) >= 11 is 13.2. The summed E-state index contributed by atoms with van der Waals surface area (Å²) in [6.45, 7) is 5.72. The van der Waals surface area contributed by atoms with Crippen molar-refractivity contribution in [1.82, 2.24) is 18.9 Å². The second-order valence-corrected chi connectivity index (χ2v) is 13.6. The third-order valence-electron chi connectivity index (χ3n) is 10.3. The van der Waals surface area contributed by atoms with Gasteiger partial charge in [0.1, 0.15) is 5.57 Å². The molecule has 0 spiro atoms. The van der Waals surface area contributed by atoms with Gasteiger partial charge in [0.25, 0.3) is 11.8 Å². The van der Waals surface area contributed by atoms with Crippen molar-refractivity contribution in [3.8, 4) is 0 Å². The van der Waals surface area contributed by atoms with Gasteiger partial charge in [-0.2, -0.15) is 0 Å². The summed E-state index contributed by atoms with van der Waals surface area (Å²) in [5, 5.41) is 9.83. The van der Waals surface area contributed by atoms with Crippen molar-refractivity contribution in [2.24, 2.45) is 0 Å². The number of hydrogen-bond acceptors (Lipinski definition) is 3. The number of amides is 4. The van der Waals surface area contributed by atoms with Crippen molar-refractivity contribution in [3.63, 3.8) is 0 Å². The lowest BCUT2D eigenvalue weighted by atomic mass is 9.95. The van der Waals surface area contributed by atoms with Gasteiger partial charge in [-0.1, -0.05) is 71.8 Å². The van der Waals surface area contributed by atoms with Gasteiger partial charge >= 0.3 is 6.03 Å². The fourth-order valence-electron chi connectivity index (χ4n) is 7.95. The molecule has 0 N–H and O–H groups in total. The maximum atomic E-state index is 13.8. The number of likely N-dealkylation sites (N-methyl/N-ethyl adjacent to an activating group) is 2. The Labute approximate surface area is 298 Å². The van der Waals surface area contributed by atoms with E-state index in [-0.39, 0.29) is 5.57 Å². The number of carbonyl (C=O) groups excluding carboxylic acids is 3. The quantitative estimate of drug-likeness (QED) is 0.139. The summed E-state index contributed by atoms with van der Waals surface area (Å²) in [6, 6.07) is 19.6. The third kappa shape index (κ3) is 4.60. The summed E-state index contributed by atoms with van der Waals surface area (Å²) in [7, 11) is 2.84. The topological polar surface area (TPSA) is 67.6 Å². The van der Waals surface area contributed by atoms with Crippen LogP contribution in [0.4, 0.5) is 4.79 Å². The molecule has 7 nitrogen and oxygen atoms in total. The first-order chi connectivity index (χ1) is 24.2. The molecule has 2 aromatic heterocycles. The summed E-state index contributed by atoms with van der Waals surface area (Å²) in [5.74, 6) is -1.20. The van der Waals surface area contributed by atoms with E-state index in [2.05, 4.69) is 59.4 Å². The molecule has 250 valence electrons. The Morgan fingerprint density at radius 1 is 0.580 bits per heavy atom. The molecule has 2 fully saturated rings. The van der Waals surface area contributed by atoms with Crippen LogP contribution in [0.5, 0.6) is 0 Å². The number of allylic oxidation sites excluding steroid dienone is 5. The fourth-order valence-corrected chi connectivity index (χ4v) is 8.39. The van der Waals surface area contributed by atoms with E-state index in [1.54, 1.807) is 0 Å². The van der Waals surface area contributed by atoms with Crippen LogP contribution in [0, 0.1) is 0 Å². The Balaban J connectivity index is 1.37. The van der Waals surface area contributed by atoms with E-state index in [9.17, 15) is 14.4 Å². The van der Waals surface area contributed by atoms with E-state index >= 15 is 0 Å². The molecule has 4 amide bonds. The Hall–Kier alpha value is -5.11. The van der Waals surface area contributed by atoms with Crippen molar-refractivity contribution in [2.45, 2.75) is 39.8 Å². The van der Waals surface area contributed by atoms with E-state index in [1.165, 1.54) is 14.1 Å². The second-order valence-electron chi connectivity index (χ2n) is 12.8. The number of rotatable bonds is 4. The number of urea groups is 1. The molecular formula is C41H34Cl2N4O3. The number of benzene rings is 4. The van der Waals surface area contributed by atoms with Crippen LogP contribution in [0.25, 0.3) is 55.5 Å². The highest BCUT2D eigenvalue weighted by Crippen LogP contribution is 2.40. The largest absolute Gasteiger partial charge is 0.341 e. The first-order valence-corrected chi connectivity index (χ1v) is 17.6. The average molecular weight is 702 g/mol. The molecule has 0 atom stereocenters. The lowest BCUT2D eigenvalue weighted by molar-refractivity contribution is -0.134. The van der Waals surface area contributed by atoms with Gasteiger partial charge in [-0.05, 0) is 79.8 Å². The zero-order valence-corrected chi connectivity index (χ0v) is 29.7. The maximum absolute atomic E-state index is 13.8. The zero-order valence-electron chi connectivity index (χ0n) is 28.2. The van der Waals surface area contributed by atoms with Crippen LogP contribution in [-0.2, 0) is 22.7 Å². The number of hydrogen-bond donors (Lipinski definition) is 0. The first-order valence-electron chi connectivity index (χ1n) is 16.8. The van der Waals surface area contributed by atoms with Gasteiger partial charge in [-0.25, -0.2) is 4.79 Å². The van der Waals surface area contributed by atoms with Crippen LogP contribution in [0.1, 0.15) is 26.7 Å². The number of halogens is 2. The van der Waals surface area contributed by atoms with Crippen LogP contribution >= 0.6 is 23.2 Å². The predicted octanol–water partition coefficient (Wildman–Crippen LogP) is 7.94. The molecule has 1 saturated carbocycles.